The van der Waals surface area contributed by atoms with Crippen molar-refractivity contribution in [2.45, 2.75) is 25.7 Å². The number of para-hydroxylation sites is 1. The van der Waals surface area contributed by atoms with Gasteiger partial charge in [0.05, 0.1) is 5.41 Å². The van der Waals surface area contributed by atoms with Crippen molar-refractivity contribution in [1.82, 2.24) is 0 Å². The van der Waals surface area contributed by atoms with Crippen molar-refractivity contribution in [3.63, 3.8) is 0 Å². The molecule has 0 saturated carbocycles. The Morgan fingerprint density at radius 3 is 2.21 bits per heavy atom. The highest BCUT2D eigenvalue weighted by Gasteiger charge is 2.43. The number of aliphatic carboxylic acids is 1. The van der Waals surface area contributed by atoms with Gasteiger partial charge in [-0.05, 0) is 59.9 Å². The Hall–Kier alpha value is -2.78. The second kappa shape index (κ2) is 8.49. The fourth-order valence-electron chi connectivity index (χ4n) is 3.50. The lowest BCUT2D eigenvalue weighted by atomic mass is 9.68. The summed E-state index contributed by atoms with van der Waals surface area (Å²) >= 11 is 6.01. The van der Waals surface area contributed by atoms with E-state index in [1.54, 1.807) is 24.3 Å². The van der Waals surface area contributed by atoms with E-state index in [0.29, 0.717) is 17.2 Å². The van der Waals surface area contributed by atoms with E-state index in [-0.39, 0.29) is 5.92 Å². The summed E-state index contributed by atoms with van der Waals surface area (Å²) in [7, 11) is 0. The van der Waals surface area contributed by atoms with E-state index in [2.05, 4.69) is 0 Å². The largest absolute Gasteiger partial charge is 0.481 e. The number of rotatable bonds is 7. The van der Waals surface area contributed by atoms with Crippen LogP contribution in [0.25, 0.3) is 0 Å². The van der Waals surface area contributed by atoms with Gasteiger partial charge in [-0.25, -0.2) is 0 Å². The van der Waals surface area contributed by atoms with Crippen molar-refractivity contribution in [2.75, 3.05) is 0 Å². The molecule has 0 aliphatic heterocycles. The lowest BCUT2D eigenvalue weighted by Gasteiger charge is -2.34. The average Bonchev–Trinajstić information content (AvgIpc) is 2.67. The van der Waals surface area contributed by atoms with Crippen LogP contribution in [0.2, 0.25) is 5.02 Å². The first-order valence-electron chi connectivity index (χ1n) is 9.23. The minimum absolute atomic E-state index is 0.120. The maximum atomic E-state index is 12.5. The van der Waals surface area contributed by atoms with Crippen LogP contribution in [0.1, 0.15) is 25.0 Å². The van der Waals surface area contributed by atoms with Gasteiger partial charge in [0.2, 0.25) is 0 Å². The Balaban J connectivity index is 1.96. The Morgan fingerprint density at radius 1 is 0.964 bits per heavy atom. The SMILES string of the molecule is CC(C)C(Cc1cccc(Oc2ccccc2)c1)(C(=O)O)c1ccc(Cl)cc1. The Labute approximate surface area is 170 Å². The van der Waals surface area contributed by atoms with Gasteiger partial charge in [-0.3, -0.25) is 4.79 Å². The number of hydrogen-bond donors (Lipinski definition) is 1. The molecule has 0 bridgehead atoms. The molecule has 0 amide bonds. The normalized spacial score (nSPS) is 13.1. The van der Waals surface area contributed by atoms with Gasteiger partial charge >= 0.3 is 5.97 Å². The van der Waals surface area contributed by atoms with Gasteiger partial charge in [0.25, 0.3) is 0 Å². The van der Waals surface area contributed by atoms with Gasteiger partial charge in [-0.15, -0.1) is 0 Å². The van der Waals surface area contributed by atoms with Crippen LogP contribution in [0.5, 0.6) is 11.5 Å². The zero-order valence-corrected chi connectivity index (χ0v) is 16.7. The summed E-state index contributed by atoms with van der Waals surface area (Å²) in [6, 6.07) is 24.2. The van der Waals surface area contributed by atoms with E-state index < -0.39 is 11.4 Å². The van der Waals surface area contributed by atoms with E-state index >= 15 is 0 Å². The summed E-state index contributed by atoms with van der Waals surface area (Å²) in [5.41, 5.74) is 0.587. The summed E-state index contributed by atoms with van der Waals surface area (Å²) < 4.78 is 5.91. The lowest BCUT2D eigenvalue weighted by Crippen LogP contribution is -2.43. The molecule has 28 heavy (non-hydrogen) atoms. The molecular formula is C24H23ClO3. The zero-order valence-electron chi connectivity index (χ0n) is 15.9. The highest BCUT2D eigenvalue weighted by molar-refractivity contribution is 6.30. The first-order valence-corrected chi connectivity index (χ1v) is 9.61. The first kappa shape index (κ1) is 20.0. The van der Waals surface area contributed by atoms with E-state index in [4.69, 9.17) is 16.3 Å². The summed E-state index contributed by atoms with van der Waals surface area (Å²) in [6.45, 7) is 3.88. The molecule has 4 heteroatoms. The third kappa shape index (κ3) is 4.20. The van der Waals surface area contributed by atoms with Gasteiger partial charge < -0.3 is 9.84 Å². The number of carboxylic acids is 1. The van der Waals surface area contributed by atoms with Crippen LogP contribution in [-0.4, -0.2) is 11.1 Å². The summed E-state index contributed by atoms with van der Waals surface area (Å²) in [5, 5.41) is 10.8. The van der Waals surface area contributed by atoms with Crippen LogP contribution < -0.4 is 4.74 Å². The molecular weight excluding hydrogens is 372 g/mol. The van der Waals surface area contributed by atoms with Crippen molar-refractivity contribution in [3.8, 4) is 11.5 Å². The highest BCUT2D eigenvalue weighted by atomic mass is 35.5. The van der Waals surface area contributed by atoms with E-state index in [0.717, 1.165) is 16.9 Å². The van der Waals surface area contributed by atoms with Crippen molar-refractivity contribution < 1.29 is 14.6 Å². The van der Waals surface area contributed by atoms with Crippen molar-refractivity contribution in [1.29, 1.82) is 0 Å². The molecule has 0 aliphatic carbocycles. The third-order valence-electron chi connectivity index (χ3n) is 5.09. The van der Waals surface area contributed by atoms with Gasteiger partial charge in [-0.1, -0.05) is 67.9 Å². The van der Waals surface area contributed by atoms with Crippen LogP contribution in [-0.2, 0) is 16.6 Å². The first-order chi connectivity index (χ1) is 13.4. The van der Waals surface area contributed by atoms with E-state index in [1.807, 2.05) is 68.4 Å². The second-order valence-electron chi connectivity index (χ2n) is 7.18. The number of ether oxygens (including phenoxy) is 1. The Morgan fingerprint density at radius 2 is 1.61 bits per heavy atom. The number of carbonyl (C=O) groups is 1. The summed E-state index contributed by atoms with van der Waals surface area (Å²) in [4.78, 5) is 12.5. The minimum atomic E-state index is -1.06. The maximum Gasteiger partial charge on any atom is 0.314 e. The number of halogens is 1. The van der Waals surface area contributed by atoms with Gasteiger partial charge in [0.1, 0.15) is 11.5 Å². The van der Waals surface area contributed by atoms with Crippen LogP contribution in [0.15, 0.2) is 78.9 Å². The molecule has 0 fully saturated rings. The molecule has 0 radical (unpaired) electrons. The topological polar surface area (TPSA) is 46.5 Å². The molecule has 3 rings (SSSR count). The fourth-order valence-corrected chi connectivity index (χ4v) is 3.62. The molecule has 0 aliphatic rings. The van der Waals surface area contributed by atoms with E-state index in [1.165, 1.54) is 0 Å². The molecule has 144 valence electrons. The van der Waals surface area contributed by atoms with Crippen LogP contribution in [0, 0.1) is 5.92 Å². The van der Waals surface area contributed by atoms with Gasteiger partial charge in [0.15, 0.2) is 0 Å². The van der Waals surface area contributed by atoms with Gasteiger partial charge in [0, 0.05) is 5.02 Å². The maximum absolute atomic E-state index is 12.5. The molecule has 1 N–H and O–H groups in total. The fraction of sp³-hybridized carbons (Fsp3) is 0.208. The predicted octanol–water partition coefficient (Wildman–Crippen LogP) is 6.35. The predicted molar refractivity (Wildman–Crippen MR) is 112 cm³/mol. The molecule has 3 nitrogen and oxygen atoms in total. The number of hydrogen-bond acceptors (Lipinski definition) is 2. The quantitative estimate of drug-likeness (QED) is 0.507. The minimum Gasteiger partial charge on any atom is -0.481 e. The van der Waals surface area contributed by atoms with Crippen molar-refractivity contribution in [2.24, 2.45) is 5.92 Å². The molecule has 0 saturated heterocycles. The molecule has 3 aromatic carbocycles. The summed E-state index contributed by atoms with van der Waals surface area (Å²) in [5.74, 6) is 0.456. The number of benzene rings is 3. The Bertz CT molecular complexity index is 936. The lowest BCUT2D eigenvalue weighted by molar-refractivity contribution is -0.145. The summed E-state index contributed by atoms with van der Waals surface area (Å²) in [6.07, 6.45) is 0.355. The monoisotopic (exact) mass is 394 g/mol. The molecule has 0 heterocycles. The van der Waals surface area contributed by atoms with E-state index in [9.17, 15) is 9.90 Å². The molecule has 3 aromatic rings. The van der Waals surface area contributed by atoms with Crippen molar-refractivity contribution in [3.05, 3.63) is 95.0 Å². The van der Waals surface area contributed by atoms with Crippen LogP contribution >= 0.6 is 11.6 Å². The third-order valence-corrected chi connectivity index (χ3v) is 5.34. The molecule has 0 aromatic heterocycles. The molecule has 1 unspecified atom stereocenters. The van der Waals surface area contributed by atoms with Crippen LogP contribution in [0.4, 0.5) is 0 Å². The standard InChI is InChI=1S/C24H23ClO3/c1-17(2)24(23(26)27,19-11-13-20(25)14-12-19)16-18-7-6-10-22(15-18)28-21-8-4-3-5-9-21/h3-15,17H,16H2,1-2H3,(H,26,27). The van der Waals surface area contributed by atoms with Crippen molar-refractivity contribution >= 4 is 17.6 Å². The number of carboxylic acid groups (broad SMARTS) is 1. The second-order valence-corrected chi connectivity index (χ2v) is 7.61. The smallest absolute Gasteiger partial charge is 0.314 e. The van der Waals surface area contributed by atoms with Gasteiger partial charge in [-0.2, -0.15) is 0 Å². The zero-order chi connectivity index (χ0) is 20.1. The molecule has 1 atom stereocenters. The average molecular weight is 395 g/mol. The Kier molecular flexibility index (Phi) is 6.05. The molecule has 0 spiro atoms. The van der Waals surface area contributed by atoms with Crippen LogP contribution in [0.3, 0.4) is 0 Å². The highest BCUT2D eigenvalue weighted by Crippen LogP contribution is 2.38.